The van der Waals surface area contributed by atoms with Crippen molar-refractivity contribution in [2.75, 3.05) is 20.6 Å². The summed E-state index contributed by atoms with van der Waals surface area (Å²) in [5.41, 5.74) is 1.09. The van der Waals surface area contributed by atoms with Crippen LogP contribution in [0.1, 0.15) is 12.0 Å². The van der Waals surface area contributed by atoms with Crippen molar-refractivity contribution >= 4 is 5.91 Å². The SMILES string of the molecule is CN(C)C(=O)CCNCc1ccc(O)cc1. The summed E-state index contributed by atoms with van der Waals surface area (Å²) in [6.45, 7) is 1.37. The van der Waals surface area contributed by atoms with Gasteiger partial charge in [-0.1, -0.05) is 12.1 Å². The zero-order chi connectivity index (χ0) is 12.0. The Bertz CT molecular complexity index is 333. The fraction of sp³-hybridized carbons (Fsp3) is 0.417. The van der Waals surface area contributed by atoms with Crippen molar-refractivity contribution < 1.29 is 9.90 Å². The van der Waals surface area contributed by atoms with Crippen molar-refractivity contribution in [3.8, 4) is 5.75 Å². The van der Waals surface area contributed by atoms with E-state index in [1.807, 2.05) is 12.1 Å². The van der Waals surface area contributed by atoms with E-state index in [0.717, 1.165) is 5.56 Å². The number of carbonyl (C=O) groups is 1. The summed E-state index contributed by atoms with van der Waals surface area (Å²) in [5, 5.41) is 12.3. The van der Waals surface area contributed by atoms with E-state index in [-0.39, 0.29) is 11.7 Å². The lowest BCUT2D eigenvalue weighted by atomic mass is 10.2. The highest BCUT2D eigenvalue weighted by molar-refractivity contribution is 5.75. The highest BCUT2D eigenvalue weighted by atomic mass is 16.3. The number of aromatic hydroxyl groups is 1. The fourth-order valence-electron chi connectivity index (χ4n) is 1.27. The van der Waals surface area contributed by atoms with Crippen molar-refractivity contribution in [3.63, 3.8) is 0 Å². The summed E-state index contributed by atoms with van der Waals surface area (Å²) in [6, 6.07) is 7.02. The van der Waals surface area contributed by atoms with Gasteiger partial charge in [-0.2, -0.15) is 0 Å². The molecule has 0 spiro atoms. The van der Waals surface area contributed by atoms with Crippen molar-refractivity contribution in [2.45, 2.75) is 13.0 Å². The molecule has 4 heteroatoms. The van der Waals surface area contributed by atoms with Crippen molar-refractivity contribution in [1.29, 1.82) is 0 Å². The molecule has 1 aromatic rings. The standard InChI is InChI=1S/C12H18N2O2/c1-14(2)12(16)7-8-13-9-10-3-5-11(15)6-4-10/h3-6,13,15H,7-9H2,1-2H3. The summed E-state index contributed by atoms with van der Waals surface area (Å²) >= 11 is 0. The summed E-state index contributed by atoms with van der Waals surface area (Å²) in [6.07, 6.45) is 0.505. The molecule has 0 saturated heterocycles. The van der Waals surface area contributed by atoms with Crippen LogP contribution in [0.4, 0.5) is 0 Å². The second kappa shape index (κ2) is 6.12. The summed E-state index contributed by atoms with van der Waals surface area (Å²) in [4.78, 5) is 12.8. The topological polar surface area (TPSA) is 52.6 Å². The molecular formula is C12H18N2O2. The van der Waals surface area contributed by atoms with E-state index in [2.05, 4.69) is 5.32 Å². The Kier molecular flexibility index (Phi) is 4.79. The van der Waals surface area contributed by atoms with Gasteiger partial charge in [0.25, 0.3) is 0 Å². The Hall–Kier alpha value is -1.55. The lowest BCUT2D eigenvalue weighted by Gasteiger charge is -2.10. The number of nitrogens with one attached hydrogen (secondary N) is 1. The van der Waals surface area contributed by atoms with Crippen LogP contribution in [0.5, 0.6) is 5.75 Å². The number of carbonyl (C=O) groups excluding carboxylic acids is 1. The molecule has 2 N–H and O–H groups in total. The molecule has 1 rings (SSSR count). The quantitative estimate of drug-likeness (QED) is 0.730. The number of benzene rings is 1. The minimum atomic E-state index is 0.123. The largest absolute Gasteiger partial charge is 0.508 e. The molecule has 0 aliphatic heterocycles. The molecular weight excluding hydrogens is 204 g/mol. The van der Waals surface area contributed by atoms with E-state index in [1.54, 1.807) is 31.1 Å². The lowest BCUT2D eigenvalue weighted by Crippen LogP contribution is -2.26. The summed E-state index contributed by atoms with van der Waals surface area (Å²) in [7, 11) is 3.50. The van der Waals surface area contributed by atoms with Gasteiger partial charge < -0.3 is 15.3 Å². The van der Waals surface area contributed by atoms with Crippen molar-refractivity contribution in [2.24, 2.45) is 0 Å². The first-order chi connectivity index (χ1) is 7.59. The Balaban J connectivity index is 2.21. The molecule has 0 saturated carbocycles. The molecule has 16 heavy (non-hydrogen) atoms. The third-order valence-corrected chi connectivity index (χ3v) is 2.28. The smallest absolute Gasteiger partial charge is 0.223 e. The molecule has 0 unspecified atom stereocenters. The summed E-state index contributed by atoms with van der Waals surface area (Å²) in [5.74, 6) is 0.393. The van der Waals surface area contributed by atoms with Crippen LogP contribution in [0.25, 0.3) is 0 Å². The number of phenols is 1. The normalized spacial score (nSPS) is 10.1. The highest BCUT2D eigenvalue weighted by Gasteiger charge is 2.02. The monoisotopic (exact) mass is 222 g/mol. The van der Waals surface area contributed by atoms with Crippen molar-refractivity contribution in [3.05, 3.63) is 29.8 Å². The van der Waals surface area contributed by atoms with Gasteiger partial charge >= 0.3 is 0 Å². The first kappa shape index (κ1) is 12.5. The molecule has 88 valence electrons. The maximum atomic E-state index is 11.3. The predicted octanol–water partition coefficient (Wildman–Crippen LogP) is 0.960. The van der Waals surface area contributed by atoms with Crippen LogP contribution in [0, 0.1) is 0 Å². The van der Waals surface area contributed by atoms with E-state index < -0.39 is 0 Å². The van der Waals surface area contributed by atoms with E-state index in [1.165, 1.54) is 0 Å². The lowest BCUT2D eigenvalue weighted by molar-refractivity contribution is -0.128. The number of rotatable bonds is 5. The number of amides is 1. The fourth-order valence-corrected chi connectivity index (χ4v) is 1.27. The third-order valence-electron chi connectivity index (χ3n) is 2.28. The van der Waals surface area contributed by atoms with Gasteiger partial charge in [0.15, 0.2) is 0 Å². The third kappa shape index (κ3) is 4.31. The molecule has 0 radical (unpaired) electrons. The molecule has 1 aromatic carbocycles. The van der Waals surface area contributed by atoms with Crippen LogP contribution < -0.4 is 5.32 Å². The minimum Gasteiger partial charge on any atom is -0.508 e. The van der Waals surface area contributed by atoms with Crippen LogP contribution in [-0.2, 0) is 11.3 Å². The first-order valence-corrected chi connectivity index (χ1v) is 5.28. The molecule has 1 amide bonds. The second-order valence-corrected chi connectivity index (χ2v) is 3.88. The molecule has 0 aliphatic rings. The van der Waals surface area contributed by atoms with E-state index in [9.17, 15) is 4.79 Å². The summed E-state index contributed by atoms with van der Waals surface area (Å²) < 4.78 is 0. The Labute approximate surface area is 95.9 Å². The van der Waals surface area contributed by atoms with Crippen LogP contribution in [-0.4, -0.2) is 36.6 Å². The van der Waals surface area contributed by atoms with Gasteiger partial charge in [-0.15, -0.1) is 0 Å². The number of nitrogens with zero attached hydrogens (tertiary/aromatic N) is 1. The van der Waals surface area contributed by atoms with Crippen molar-refractivity contribution in [1.82, 2.24) is 10.2 Å². The maximum absolute atomic E-state index is 11.3. The Morgan fingerprint density at radius 1 is 1.31 bits per heavy atom. The van der Waals surface area contributed by atoms with E-state index in [0.29, 0.717) is 19.5 Å². The van der Waals surface area contributed by atoms with E-state index >= 15 is 0 Å². The molecule has 0 bridgehead atoms. The molecule has 0 heterocycles. The zero-order valence-electron chi connectivity index (χ0n) is 9.73. The van der Waals surface area contributed by atoms with Gasteiger partial charge in [0, 0.05) is 33.6 Å². The van der Waals surface area contributed by atoms with Gasteiger partial charge in [-0.3, -0.25) is 4.79 Å². The van der Waals surface area contributed by atoms with Crippen LogP contribution in [0.15, 0.2) is 24.3 Å². The van der Waals surface area contributed by atoms with Gasteiger partial charge in [0.2, 0.25) is 5.91 Å². The molecule has 0 atom stereocenters. The number of phenolic OH excluding ortho intramolecular Hbond substituents is 1. The van der Waals surface area contributed by atoms with Gasteiger partial charge in [0.1, 0.15) is 5.75 Å². The molecule has 0 aliphatic carbocycles. The average molecular weight is 222 g/mol. The van der Waals surface area contributed by atoms with Crippen LogP contribution in [0.3, 0.4) is 0 Å². The number of hydrogen-bond acceptors (Lipinski definition) is 3. The van der Waals surface area contributed by atoms with Crippen LogP contribution in [0.2, 0.25) is 0 Å². The van der Waals surface area contributed by atoms with E-state index in [4.69, 9.17) is 5.11 Å². The molecule has 0 aromatic heterocycles. The Morgan fingerprint density at radius 3 is 2.50 bits per heavy atom. The number of hydrogen-bond donors (Lipinski definition) is 2. The highest BCUT2D eigenvalue weighted by Crippen LogP contribution is 2.08. The van der Waals surface area contributed by atoms with Crippen LogP contribution >= 0.6 is 0 Å². The molecule has 0 fully saturated rings. The minimum absolute atomic E-state index is 0.123. The van der Waals surface area contributed by atoms with Gasteiger partial charge in [-0.25, -0.2) is 0 Å². The van der Waals surface area contributed by atoms with Gasteiger partial charge in [-0.05, 0) is 17.7 Å². The second-order valence-electron chi connectivity index (χ2n) is 3.88. The Morgan fingerprint density at radius 2 is 1.94 bits per heavy atom. The first-order valence-electron chi connectivity index (χ1n) is 5.28. The van der Waals surface area contributed by atoms with Gasteiger partial charge in [0.05, 0.1) is 0 Å². The average Bonchev–Trinajstić information content (AvgIpc) is 2.26. The zero-order valence-corrected chi connectivity index (χ0v) is 9.73. The molecule has 4 nitrogen and oxygen atoms in total. The predicted molar refractivity (Wildman–Crippen MR) is 63.1 cm³/mol. The maximum Gasteiger partial charge on any atom is 0.223 e.